The van der Waals surface area contributed by atoms with E-state index in [2.05, 4.69) is 16.4 Å². The molecule has 0 fully saturated rings. The summed E-state index contributed by atoms with van der Waals surface area (Å²) in [5.74, 6) is 0.561. The molecule has 0 saturated carbocycles. The van der Waals surface area contributed by atoms with Crippen LogP contribution in [0.15, 0.2) is 36.4 Å². The normalized spacial score (nSPS) is 10.7. The summed E-state index contributed by atoms with van der Waals surface area (Å²) in [6, 6.07) is 11.9. The first kappa shape index (κ1) is 15.5. The first-order valence-electron chi connectivity index (χ1n) is 7.39. The average molecular weight is 326 g/mol. The molecule has 0 spiro atoms. The average Bonchev–Trinajstić information content (AvgIpc) is 2.88. The Kier molecular flexibility index (Phi) is 4.30. The fourth-order valence-corrected chi connectivity index (χ4v) is 3.39. The number of benzene rings is 2. The molecule has 0 atom stereocenters. The Morgan fingerprint density at radius 3 is 2.65 bits per heavy atom. The van der Waals surface area contributed by atoms with Crippen molar-refractivity contribution in [2.24, 2.45) is 0 Å². The van der Waals surface area contributed by atoms with Crippen molar-refractivity contribution in [3.8, 4) is 5.75 Å². The van der Waals surface area contributed by atoms with Gasteiger partial charge in [-0.2, -0.15) is 0 Å². The summed E-state index contributed by atoms with van der Waals surface area (Å²) in [5, 5.41) is 3.40. The molecule has 118 valence electrons. The fraction of sp³-hybridized carbons (Fsp3) is 0.222. The Bertz CT molecular complexity index is 850. The molecule has 1 amide bonds. The quantitative estimate of drug-likeness (QED) is 0.780. The van der Waals surface area contributed by atoms with Crippen LogP contribution in [0.1, 0.15) is 16.7 Å². The standard InChI is InChI=1S/C18H18N2O2S/c1-11-7-8-14-15(9-11)23-18(19-14)20-16(21)10-22-17-12(2)5-4-6-13(17)3/h4-9H,10H2,1-3H3,(H,19,20,21). The van der Waals surface area contributed by atoms with Crippen molar-refractivity contribution in [2.75, 3.05) is 11.9 Å². The summed E-state index contributed by atoms with van der Waals surface area (Å²) in [6.45, 7) is 5.95. The number of hydrogen-bond acceptors (Lipinski definition) is 4. The van der Waals surface area contributed by atoms with Crippen LogP contribution >= 0.6 is 11.3 Å². The third-order valence-electron chi connectivity index (χ3n) is 3.55. The lowest BCUT2D eigenvalue weighted by Gasteiger charge is -2.11. The Morgan fingerprint density at radius 2 is 1.91 bits per heavy atom. The van der Waals surface area contributed by atoms with Crippen molar-refractivity contribution in [3.05, 3.63) is 53.1 Å². The van der Waals surface area contributed by atoms with E-state index in [-0.39, 0.29) is 12.5 Å². The number of aryl methyl sites for hydroxylation is 3. The van der Waals surface area contributed by atoms with Gasteiger partial charge in [-0.15, -0.1) is 0 Å². The van der Waals surface area contributed by atoms with Gasteiger partial charge < -0.3 is 4.74 Å². The van der Waals surface area contributed by atoms with Gasteiger partial charge in [0.2, 0.25) is 0 Å². The number of aromatic nitrogens is 1. The molecule has 0 radical (unpaired) electrons. The minimum Gasteiger partial charge on any atom is -0.483 e. The minimum absolute atomic E-state index is 0.0271. The molecule has 0 aliphatic carbocycles. The second-order valence-corrected chi connectivity index (χ2v) is 6.58. The lowest BCUT2D eigenvalue weighted by Crippen LogP contribution is -2.20. The number of carbonyl (C=O) groups excluding carboxylic acids is 1. The summed E-state index contributed by atoms with van der Waals surface area (Å²) >= 11 is 1.47. The van der Waals surface area contributed by atoms with Gasteiger partial charge in [0.1, 0.15) is 5.75 Å². The molecule has 0 aliphatic heterocycles. The SMILES string of the molecule is Cc1ccc2nc(NC(=O)COc3c(C)cccc3C)sc2c1. The smallest absolute Gasteiger partial charge is 0.264 e. The molecule has 5 heteroatoms. The molecule has 1 aromatic heterocycles. The summed E-state index contributed by atoms with van der Waals surface area (Å²) in [4.78, 5) is 16.5. The number of para-hydroxylation sites is 1. The van der Waals surface area contributed by atoms with Crippen LogP contribution in [-0.2, 0) is 4.79 Å². The van der Waals surface area contributed by atoms with Crippen LogP contribution in [0.3, 0.4) is 0 Å². The maximum Gasteiger partial charge on any atom is 0.264 e. The van der Waals surface area contributed by atoms with Gasteiger partial charge in [0, 0.05) is 0 Å². The summed E-state index contributed by atoms with van der Waals surface area (Å²) in [6.07, 6.45) is 0. The van der Waals surface area contributed by atoms with Crippen molar-refractivity contribution in [3.63, 3.8) is 0 Å². The maximum atomic E-state index is 12.1. The first-order chi connectivity index (χ1) is 11.0. The minimum atomic E-state index is -0.205. The van der Waals surface area contributed by atoms with Crippen LogP contribution in [-0.4, -0.2) is 17.5 Å². The van der Waals surface area contributed by atoms with Gasteiger partial charge in [-0.05, 0) is 49.6 Å². The zero-order valence-electron chi connectivity index (χ0n) is 13.3. The Labute approximate surface area is 139 Å². The number of nitrogens with zero attached hydrogens (tertiary/aromatic N) is 1. The molecular weight excluding hydrogens is 308 g/mol. The number of carbonyl (C=O) groups is 1. The Hall–Kier alpha value is -2.40. The second-order valence-electron chi connectivity index (χ2n) is 5.55. The fourth-order valence-electron chi connectivity index (χ4n) is 2.41. The lowest BCUT2D eigenvalue weighted by atomic mass is 10.1. The number of anilines is 1. The third-order valence-corrected chi connectivity index (χ3v) is 4.48. The number of rotatable bonds is 4. The van der Waals surface area contributed by atoms with Gasteiger partial charge in [0.25, 0.3) is 5.91 Å². The number of fused-ring (bicyclic) bond motifs is 1. The van der Waals surface area contributed by atoms with Crippen LogP contribution in [0.2, 0.25) is 0 Å². The van der Waals surface area contributed by atoms with Gasteiger partial charge in [0.15, 0.2) is 11.7 Å². The molecule has 0 bridgehead atoms. The van der Waals surface area contributed by atoms with Crippen LogP contribution in [0, 0.1) is 20.8 Å². The lowest BCUT2D eigenvalue weighted by molar-refractivity contribution is -0.118. The maximum absolute atomic E-state index is 12.1. The van der Waals surface area contributed by atoms with Gasteiger partial charge in [-0.3, -0.25) is 10.1 Å². The highest BCUT2D eigenvalue weighted by molar-refractivity contribution is 7.22. The molecule has 0 aliphatic rings. The molecule has 0 saturated heterocycles. The van der Waals surface area contributed by atoms with E-state index in [9.17, 15) is 4.79 Å². The predicted molar refractivity (Wildman–Crippen MR) is 94.4 cm³/mol. The first-order valence-corrected chi connectivity index (χ1v) is 8.20. The highest BCUT2D eigenvalue weighted by Crippen LogP contribution is 2.27. The molecule has 1 heterocycles. The van der Waals surface area contributed by atoms with Gasteiger partial charge in [-0.25, -0.2) is 4.98 Å². The van der Waals surface area contributed by atoms with E-state index >= 15 is 0 Å². The molecule has 1 N–H and O–H groups in total. The molecule has 3 aromatic rings. The summed E-state index contributed by atoms with van der Waals surface area (Å²) in [5.41, 5.74) is 4.12. The molecule has 0 unspecified atom stereocenters. The summed E-state index contributed by atoms with van der Waals surface area (Å²) in [7, 11) is 0. The highest BCUT2D eigenvalue weighted by Gasteiger charge is 2.10. The molecule has 23 heavy (non-hydrogen) atoms. The third kappa shape index (κ3) is 3.51. The number of nitrogens with one attached hydrogen (secondary N) is 1. The largest absolute Gasteiger partial charge is 0.483 e. The van der Waals surface area contributed by atoms with E-state index in [1.807, 2.05) is 51.1 Å². The molecular formula is C18H18N2O2S. The van der Waals surface area contributed by atoms with Crippen molar-refractivity contribution < 1.29 is 9.53 Å². The van der Waals surface area contributed by atoms with E-state index in [0.29, 0.717) is 5.13 Å². The zero-order valence-corrected chi connectivity index (χ0v) is 14.2. The predicted octanol–water partition coefficient (Wildman–Crippen LogP) is 4.24. The number of amides is 1. The Morgan fingerprint density at radius 1 is 1.17 bits per heavy atom. The van der Waals surface area contributed by atoms with E-state index < -0.39 is 0 Å². The van der Waals surface area contributed by atoms with Gasteiger partial charge in [-0.1, -0.05) is 35.6 Å². The number of thiazole rings is 1. The van der Waals surface area contributed by atoms with Gasteiger partial charge >= 0.3 is 0 Å². The van der Waals surface area contributed by atoms with Crippen molar-refractivity contribution >= 4 is 32.6 Å². The zero-order chi connectivity index (χ0) is 16.4. The van der Waals surface area contributed by atoms with E-state index in [1.54, 1.807) is 0 Å². The van der Waals surface area contributed by atoms with Crippen LogP contribution < -0.4 is 10.1 Å². The molecule has 2 aromatic carbocycles. The van der Waals surface area contributed by atoms with E-state index in [4.69, 9.17) is 4.74 Å². The second kappa shape index (κ2) is 6.38. The van der Waals surface area contributed by atoms with Crippen molar-refractivity contribution in [1.82, 2.24) is 4.98 Å². The van der Waals surface area contributed by atoms with Crippen LogP contribution in [0.5, 0.6) is 5.75 Å². The van der Waals surface area contributed by atoms with E-state index in [1.165, 1.54) is 16.9 Å². The van der Waals surface area contributed by atoms with E-state index in [0.717, 1.165) is 27.1 Å². The van der Waals surface area contributed by atoms with Crippen molar-refractivity contribution in [1.29, 1.82) is 0 Å². The number of hydrogen-bond donors (Lipinski definition) is 1. The molecule has 3 rings (SSSR count). The van der Waals surface area contributed by atoms with Crippen LogP contribution in [0.4, 0.5) is 5.13 Å². The highest BCUT2D eigenvalue weighted by atomic mass is 32.1. The topological polar surface area (TPSA) is 51.2 Å². The monoisotopic (exact) mass is 326 g/mol. The van der Waals surface area contributed by atoms with Crippen molar-refractivity contribution in [2.45, 2.75) is 20.8 Å². The molecule has 4 nitrogen and oxygen atoms in total. The van der Waals surface area contributed by atoms with Gasteiger partial charge in [0.05, 0.1) is 10.2 Å². The summed E-state index contributed by atoms with van der Waals surface area (Å²) < 4.78 is 6.73. The number of ether oxygens (including phenoxy) is 1. The van der Waals surface area contributed by atoms with Crippen LogP contribution in [0.25, 0.3) is 10.2 Å². The Balaban J connectivity index is 1.66.